The summed E-state index contributed by atoms with van der Waals surface area (Å²) in [6.45, 7) is 4.74. The molecule has 270 valence electrons. The van der Waals surface area contributed by atoms with Gasteiger partial charge in [0.15, 0.2) is 5.58 Å². The predicted molar refractivity (Wildman–Crippen MR) is 240 cm³/mol. The van der Waals surface area contributed by atoms with Crippen LogP contribution in [-0.2, 0) is 5.41 Å². The Morgan fingerprint density at radius 3 is 1.75 bits per heavy atom. The third-order valence-electron chi connectivity index (χ3n) is 12.1. The first kappa shape index (κ1) is 33.2. The third kappa shape index (κ3) is 5.33. The molecule has 10 aromatic rings. The van der Waals surface area contributed by atoms with Crippen molar-refractivity contribution in [2.75, 3.05) is 4.90 Å². The molecule has 0 N–H and O–H groups in total. The highest BCUT2D eigenvalue weighted by atomic mass is 16.3. The van der Waals surface area contributed by atoms with Gasteiger partial charge in [-0.05, 0) is 109 Å². The highest BCUT2D eigenvalue weighted by molar-refractivity contribution is 6.11. The Hall–Kier alpha value is -7.16. The van der Waals surface area contributed by atoms with Crippen LogP contribution >= 0.6 is 0 Å². The molecule has 0 atom stereocenters. The summed E-state index contributed by atoms with van der Waals surface area (Å²) < 4.78 is 6.61. The molecule has 2 heteroatoms. The maximum absolute atomic E-state index is 6.61. The van der Waals surface area contributed by atoms with Crippen molar-refractivity contribution in [3.63, 3.8) is 0 Å². The standard InChI is InChI=1S/C55H39NO/c1-55(2)48-34-28-41(35-47(48)53-44(39-15-7-4-8-16-39)33-27-40-17-11-20-49(55)52(40)53)38-25-31-43(32-26-38)56(42-29-23-37(24-30-42)36-13-5-3-6-14-36)50-21-12-19-46-45-18-9-10-22-51(45)57-54(46)50/h3-35H,1-2H3. The number of fused-ring (bicyclic) bond motifs is 5. The Bertz CT molecular complexity index is 3120. The molecule has 0 fully saturated rings. The van der Waals surface area contributed by atoms with E-state index in [-0.39, 0.29) is 5.41 Å². The molecule has 11 rings (SSSR count). The summed E-state index contributed by atoms with van der Waals surface area (Å²) in [6.07, 6.45) is 0. The van der Waals surface area contributed by atoms with Gasteiger partial charge in [-0.2, -0.15) is 0 Å². The van der Waals surface area contributed by atoms with E-state index in [1.54, 1.807) is 0 Å². The van der Waals surface area contributed by atoms with Crippen LogP contribution in [0.5, 0.6) is 0 Å². The zero-order valence-corrected chi connectivity index (χ0v) is 31.9. The van der Waals surface area contributed by atoms with Crippen LogP contribution in [0.25, 0.3) is 77.2 Å². The lowest BCUT2D eigenvalue weighted by atomic mass is 9.67. The second-order valence-corrected chi connectivity index (χ2v) is 15.7. The van der Waals surface area contributed by atoms with Gasteiger partial charge in [-0.1, -0.05) is 172 Å². The smallest absolute Gasteiger partial charge is 0.159 e. The summed E-state index contributed by atoms with van der Waals surface area (Å²) in [6, 6.07) is 72.5. The fraction of sp³-hybridized carbons (Fsp3) is 0.0545. The molecule has 57 heavy (non-hydrogen) atoms. The van der Waals surface area contributed by atoms with Gasteiger partial charge < -0.3 is 9.32 Å². The summed E-state index contributed by atoms with van der Waals surface area (Å²) in [5.74, 6) is 0. The third-order valence-corrected chi connectivity index (χ3v) is 12.1. The average Bonchev–Trinajstić information content (AvgIpc) is 3.66. The Morgan fingerprint density at radius 2 is 1.02 bits per heavy atom. The lowest BCUT2D eigenvalue weighted by Crippen LogP contribution is -2.24. The van der Waals surface area contributed by atoms with Crippen molar-refractivity contribution in [2.45, 2.75) is 19.3 Å². The summed E-state index contributed by atoms with van der Waals surface area (Å²) >= 11 is 0. The Kier molecular flexibility index (Phi) is 7.55. The van der Waals surface area contributed by atoms with Crippen LogP contribution in [0.15, 0.2) is 205 Å². The highest BCUT2D eigenvalue weighted by Gasteiger charge is 2.35. The lowest BCUT2D eigenvalue weighted by Gasteiger charge is -2.36. The fourth-order valence-electron chi connectivity index (χ4n) is 9.23. The molecule has 0 amide bonds. The minimum Gasteiger partial charge on any atom is -0.454 e. The topological polar surface area (TPSA) is 16.4 Å². The maximum Gasteiger partial charge on any atom is 0.159 e. The van der Waals surface area contributed by atoms with Crippen LogP contribution in [0.4, 0.5) is 17.1 Å². The molecule has 0 spiro atoms. The normalized spacial score (nSPS) is 12.9. The van der Waals surface area contributed by atoms with E-state index in [4.69, 9.17) is 4.42 Å². The van der Waals surface area contributed by atoms with Crippen molar-refractivity contribution in [1.29, 1.82) is 0 Å². The average molecular weight is 730 g/mol. The second-order valence-electron chi connectivity index (χ2n) is 15.7. The van der Waals surface area contributed by atoms with Crippen molar-refractivity contribution in [3.8, 4) is 44.5 Å². The van der Waals surface area contributed by atoms with Crippen LogP contribution in [0.3, 0.4) is 0 Å². The van der Waals surface area contributed by atoms with Gasteiger partial charge in [0.2, 0.25) is 0 Å². The SMILES string of the molecule is CC1(C)c2ccc(-c3ccc(N(c4ccc(-c5ccccc5)cc4)c4cccc5c4oc4ccccc45)cc3)cc2-c2c(-c3ccccc3)ccc3cccc1c23. The number of para-hydroxylation sites is 2. The molecular formula is C55H39NO. The van der Waals surface area contributed by atoms with Gasteiger partial charge >= 0.3 is 0 Å². The molecule has 0 unspecified atom stereocenters. The van der Waals surface area contributed by atoms with Crippen molar-refractivity contribution >= 4 is 49.8 Å². The van der Waals surface area contributed by atoms with Gasteiger partial charge in [-0.25, -0.2) is 0 Å². The van der Waals surface area contributed by atoms with E-state index >= 15 is 0 Å². The van der Waals surface area contributed by atoms with Gasteiger partial charge in [-0.15, -0.1) is 0 Å². The summed E-state index contributed by atoms with van der Waals surface area (Å²) in [4.78, 5) is 2.32. The molecule has 1 heterocycles. The van der Waals surface area contributed by atoms with Gasteiger partial charge in [0.05, 0.1) is 5.69 Å². The van der Waals surface area contributed by atoms with Gasteiger partial charge in [0.1, 0.15) is 5.58 Å². The minimum absolute atomic E-state index is 0.145. The summed E-state index contributed by atoms with van der Waals surface area (Å²) in [5, 5.41) is 4.87. The summed E-state index contributed by atoms with van der Waals surface area (Å²) in [5.41, 5.74) is 17.4. The van der Waals surface area contributed by atoms with E-state index in [1.807, 2.05) is 6.07 Å². The predicted octanol–water partition coefficient (Wildman–Crippen LogP) is 15.5. The highest BCUT2D eigenvalue weighted by Crippen LogP contribution is 2.52. The maximum atomic E-state index is 6.61. The minimum atomic E-state index is -0.145. The van der Waals surface area contributed by atoms with Crippen LogP contribution in [0.2, 0.25) is 0 Å². The molecule has 0 aliphatic heterocycles. The fourth-order valence-corrected chi connectivity index (χ4v) is 9.23. The molecule has 1 aliphatic rings. The Labute approximate surface area is 332 Å². The van der Waals surface area contributed by atoms with E-state index in [0.29, 0.717) is 0 Å². The molecule has 9 aromatic carbocycles. The number of furan rings is 1. The molecule has 1 aromatic heterocycles. The number of rotatable bonds is 6. The Morgan fingerprint density at radius 1 is 0.421 bits per heavy atom. The summed E-state index contributed by atoms with van der Waals surface area (Å²) in [7, 11) is 0. The van der Waals surface area contributed by atoms with E-state index in [2.05, 4.69) is 213 Å². The molecule has 1 aliphatic carbocycles. The number of anilines is 3. The van der Waals surface area contributed by atoms with Crippen LogP contribution in [0.1, 0.15) is 25.0 Å². The van der Waals surface area contributed by atoms with E-state index in [0.717, 1.165) is 39.0 Å². The molecule has 0 saturated carbocycles. The lowest BCUT2D eigenvalue weighted by molar-refractivity contribution is 0.645. The Balaban J connectivity index is 1.05. The quantitative estimate of drug-likeness (QED) is 0.169. The first-order chi connectivity index (χ1) is 28.0. The van der Waals surface area contributed by atoms with Gasteiger partial charge in [0, 0.05) is 27.6 Å². The zero-order valence-electron chi connectivity index (χ0n) is 31.9. The van der Waals surface area contributed by atoms with E-state index in [1.165, 1.54) is 66.4 Å². The van der Waals surface area contributed by atoms with Crippen LogP contribution in [-0.4, -0.2) is 0 Å². The number of hydrogen-bond donors (Lipinski definition) is 0. The van der Waals surface area contributed by atoms with Gasteiger partial charge in [-0.3, -0.25) is 0 Å². The molecule has 0 bridgehead atoms. The number of hydrogen-bond acceptors (Lipinski definition) is 2. The van der Waals surface area contributed by atoms with Crippen LogP contribution in [0, 0.1) is 0 Å². The van der Waals surface area contributed by atoms with E-state index < -0.39 is 0 Å². The molecule has 0 saturated heterocycles. The zero-order chi connectivity index (χ0) is 38.1. The van der Waals surface area contributed by atoms with Crippen molar-refractivity contribution in [2.24, 2.45) is 0 Å². The van der Waals surface area contributed by atoms with Gasteiger partial charge in [0.25, 0.3) is 0 Å². The number of benzene rings is 9. The van der Waals surface area contributed by atoms with Crippen LogP contribution < -0.4 is 4.90 Å². The molecular weight excluding hydrogens is 691 g/mol. The molecule has 2 nitrogen and oxygen atoms in total. The number of nitrogens with zero attached hydrogens (tertiary/aromatic N) is 1. The van der Waals surface area contributed by atoms with E-state index in [9.17, 15) is 0 Å². The first-order valence-electron chi connectivity index (χ1n) is 19.8. The van der Waals surface area contributed by atoms with Crippen molar-refractivity contribution < 1.29 is 4.42 Å². The first-order valence-corrected chi connectivity index (χ1v) is 19.8. The second kappa shape index (κ2) is 13.0. The molecule has 0 radical (unpaired) electrons. The van der Waals surface area contributed by atoms with Crippen molar-refractivity contribution in [1.82, 2.24) is 0 Å². The largest absolute Gasteiger partial charge is 0.454 e. The monoisotopic (exact) mass is 729 g/mol. The van der Waals surface area contributed by atoms with Crippen molar-refractivity contribution in [3.05, 3.63) is 211 Å².